The third kappa shape index (κ3) is 3.58. The zero-order valence-corrected chi connectivity index (χ0v) is 19.4. The fraction of sp³-hybridized carbons (Fsp3) is 0.600. The van der Waals surface area contributed by atoms with Gasteiger partial charge in [-0.15, -0.1) is 11.3 Å². The molecule has 1 aromatic heterocycles. The number of methoxy groups -OCH3 is 1. The average molecular weight is 481 g/mol. The van der Waals surface area contributed by atoms with Gasteiger partial charge in [0.25, 0.3) is 0 Å². The molecule has 10 nitrogen and oxygen atoms in total. The van der Waals surface area contributed by atoms with Crippen LogP contribution >= 0.6 is 11.3 Å². The van der Waals surface area contributed by atoms with Crippen molar-refractivity contribution in [1.29, 1.82) is 5.26 Å². The number of fused-ring (bicyclic) bond motifs is 2. The molecule has 3 saturated heterocycles. The number of sulfonamides is 1. The van der Waals surface area contributed by atoms with Crippen molar-refractivity contribution in [2.45, 2.75) is 49.2 Å². The maximum Gasteiger partial charge on any atom is 0.349 e. The number of thiophene rings is 1. The van der Waals surface area contributed by atoms with Crippen LogP contribution in [0.2, 0.25) is 0 Å². The number of piperazine rings is 1. The topological polar surface area (TPSA) is 128 Å². The predicted octanol–water partition coefficient (Wildman–Crippen LogP) is 0.659. The van der Waals surface area contributed by atoms with E-state index in [2.05, 4.69) is 10.8 Å². The number of hydrogen-bond donors (Lipinski definition) is 0. The molecule has 4 heterocycles. The largest absolute Gasteiger partial charge is 0.465 e. The molecule has 4 rings (SSSR count). The SMILES string of the molecule is COC(=O)c1sccc1S(=O)(=O)N1C[C@H]2C[C@@H]1C(=O)N2C[C@H](C)C(=O)N1CCC[C@H]1C#N. The summed E-state index contributed by atoms with van der Waals surface area (Å²) in [7, 11) is -2.87. The number of amides is 2. The van der Waals surface area contributed by atoms with E-state index >= 15 is 0 Å². The van der Waals surface area contributed by atoms with Crippen LogP contribution in [0.3, 0.4) is 0 Å². The highest BCUT2D eigenvalue weighted by Crippen LogP contribution is 2.38. The van der Waals surface area contributed by atoms with E-state index in [0.29, 0.717) is 19.4 Å². The van der Waals surface area contributed by atoms with Gasteiger partial charge >= 0.3 is 5.97 Å². The van der Waals surface area contributed by atoms with Crippen molar-refractivity contribution in [2.75, 3.05) is 26.7 Å². The van der Waals surface area contributed by atoms with Crippen molar-refractivity contribution in [3.63, 3.8) is 0 Å². The molecule has 172 valence electrons. The van der Waals surface area contributed by atoms with Crippen molar-refractivity contribution < 1.29 is 27.5 Å². The Balaban J connectivity index is 1.47. The van der Waals surface area contributed by atoms with Gasteiger partial charge in [-0.3, -0.25) is 9.59 Å². The van der Waals surface area contributed by atoms with Gasteiger partial charge in [-0.25, -0.2) is 13.2 Å². The van der Waals surface area contributed by atoms with E-state index in [1.165, 1.54) is 18.6 Å². The Morgan fingerprint density at radius 2 is 2.16 bits per heavy atom. The minimum atomic E-state index is -4.05. The lowest BCUT2D eigenvalue weighted by Crippen LogP contribution is -2.54. The molecule has 3 aliphatic heterocycles. The molecule has 0 N–H and O–H groups in total. The number of likely N-dealkylation sites (tertiary alicyclic amines) is 2. The van der Waals surface area contributed by atoms with Crippen LogP contribution in [0.1, 0.15) is 35.9 Å². The van der Waals surface area contributed by atoms with Crippen LogP contribution < -0.4 is 0 Å². The summed E-state index contributed by atoms with van der Waals surface area (Å²) in [5.74, 6) is -1.71. The summed E-state index contributed by atoms with van der Waals surface area (Å²) < 4.78 is 32.3. The minimum Gasteiger partial charge on any atom is -0.465 e. The number of hydrogen-bond acceptors (Lipinski definition) is 8. The number of esters is 1. The van der Waals surface area contributed by atoms with Crippen molar-refractivity contribution in [3.8, 4) is 6.07 Å². The summed E-state index contributed by atoms with van der Waals surface area (Å²) >= 11 is 0.974. The van der Waals surface area contributed by atoms with E-state index in [-0.39, 0.29) is 40.7 Å². The Labute approximate surface area is 190 Å². The van der Waals surface area contributed by atoms with Gasteiger partial charge in [-0.05, 0) is 30.7 Å². The second-order valence-corrected chi connectivity index (χ2v) is 11.1. The number of carbonyl (C=O) groups excluding carboxylic acids is 3. The van der Waals surface area contributed by atoms with Gasteiger partial charge in [0.05, 0.1) is 19.1 Å². The van der Waals surface area contributed by atoms with Crippen LogP contribution in [0.25, 0.3) is 0 Å². The number of rotatable bonds is 6. The molecule has 2 bridgehead atoms. The normalized spacial score (nSPS) is 26.4. The molecule has 0 unspecified atom stereocenters. The monoisotopic (exact) mass is 480 g/mol. The van der Waals surface area contributed by atoms with Crippen LogP contribution in [0.4, 0.5) is 0 Å². The van der Waals surface area contributed by atoms with Gasteiger partial charge in [0.2, 0.25) is 21.8 Å². The molecule has 0 aliphatic carbocycles. The first-order valence-electron chi connectivity index (χ1n) is 10.4. The minimum absolute atomic E-state index is 0.0172. The van der Waals surface area contributed by atoms with Crippen LogP contribution in [0.15, 0.2) is 16.3 Å². The zero-order valence-electron chi connectivity index (χ0n) is 17.8. The third-order valence-electron chi connectivity index (χ3n) is 6.41. The van der Waals surface area contributed by atoms with E-state index in [0.717, 1.165) is 22.1 Å². The second kappa shape index (κ2) is 8.46. The summed E-state index contributed by atoms with van der Waals surface area (Å²) in [5, 5.41) is 10.7. The first-order chi connectivity index (χ1) is 15.2. The van der Waals surface area contributed by atoms with Gasteiger partial charge in [0, 0.05) is 25.7 Å². The fourth-order valence-electron chi connectivity index (χ4n) is 4.80. The molecule has 3 aliphatic rings. The number of nitrogens with zero attached hydrogens (tertiary/aromatic N) is 4. The Morgan fingerprint density at radius 3 is 2.81 bits per heavy atom. The van der Waals surface area contributed by atoms with Crippen molar-refractivity contribution >= 4 is 39.1 Å². The van der Waals surface area contributed by atoms with E-state index in [1.807, 2.05) is 0 Å². The first kappa shape index (κ1) is 22.7. The lowest BCUT2D eigenvalue weighted by Gasteiger charge is -2.35. The second-order valence-electron chi connectivity index (χ2n) is 8.30. The van der Waals surface area contributed by atoms with E-state index in [1.54, 1.807) is 16.7 Å². The first-order valence-corrected chi connectivity index (χ1v) is 12.7. The van der Waals surface area contributed by atoms with E-state index in [4.69, 9.17) is 0 Å². The van der Waals surface area contributed by atoms with Gasteiger partial charge in [0.15, 0.2) is 0 Å². The summed E-state index contributed by atoms with van der Waals surface area (Å²) in [6.45, 7) is 2.57. The van der Waals surface area contributed by atoms with Crippen LogP contribution in [-0.2, 0) is 24.3 Å². The molecular weight excluding hydrogens is 456 g/mol. The van der Waals surface area contributed by atoms with Crippen LogP contribution in [-0.4, -0.2) is 85.2 Å². The van der Waals surface area contributed by atoms with Crippen LogP contribution in [0, 0.1) is 17.2 Å². The lowest BCUT2D eigenvalue weighted by atomic mass is 10.1. The van der Waals surface area contributed by atoms with Crippen molar-refractivity contribution in [2.24, 2.45) is 5.92 Å². The van der Waals surface area contributed by atoms with Gasteiger partial charge in [-0.2, -0.15) is 9.57 Å². The summed E-state index contributed by atoms with van der Waals surface area (Å²) in [5.41, 5.74) is 0. The Kier molecular flexibility index (Phi) is 6.00. The molecule has 1 aromatic rings. The number of ether oxygens (including phenoxy) is 1. The Hall–Kier alpha value is -2.49. The summed E-state index contributed by atoms with van der Waals surface area (Å²) in [4.78, 5) is 40.8. The van der Waals surface area contributed by atoms with Gasteiger partial charge < -0.3 is 14.5 Å². The summed E-state index contributed by atoms with van der Waals surface area (Å²) in [6.07, 6.45) is 1.79. The molecular formula is C20H24N4O6S2. The van der Waals surface area contributed by atoms with Crippen molar-refractivity contribution in [1.82, 2.24) is 14.1 Å². The highest BCUT2D eigenvalue weighted by molar-refractivity contribution is 7.89. The molecule has 12 heteroatoms. The molecule has 2 amide bonds. The third-order valence-corrected chi connectivity index (χ3v) is 9.35. The van der Waals surface area contributed by atoms with Gasteiger partial charge in [-0.1, -0.05) is 6.92 Å². The van der Waals surface area contributed by atoms with E-state index in [9.17, 15) is 28.1 Å². The molecule has 0 spiro atoms. The predicted molar refractivity (Wildman–Crippen MR) is 113 cm³/mol. The molecule has 0 saturated carbocycles. The van der Waals surface area contributed by atoms with Gasteiger partial charge in [0.1, 0.15) is 21.9 Å². The van der Waals surface area contributed by atoms with Crippen molar-refractivity contribution in [3.05, 3.63) is 16.3 Å². The average Bonchev–Trinajstić information content (AvgIpc) is 3.56. The smallest absolute Gasteiger partial charge is 0.349 e. The maximum absolute atomic E-state index is 13.2. The van der Waals surface area contributed by atoms with E-state index < -0.39 is 34.0 Å². The molecule has 32 heavy (non-hydrogen) atoms. The Bertz CT molecular complexity index is 1090. The highest BCUT2D eigenvalue weighted by atomic mass is 32.2. The molecule has 3 fully saturated rings. The molecule has 4 atom stereocenters. The molecule has 0 radical (unpaired) electrons. The highest BCUT2D eigenvalue weighted by Gasteiger charge is 2.54. The molecule has 0 aromatic carbocycles. The number of carbonyl (C=O) groups is 3. The lowest BCUT2D eigenvalue weighted by molar-refractivity contribution is -0.139. The zero-order chi connectivity index (χ0) is 23.2. The summed E-state index contributed by atoms with van der Waals surface area (Å²) in [6, 6.07) is 1.89. The van der Waals surface area contributed by atoms with Crippen LogP contribution in [0.5, 0.6) is 0 Å². The number of nitriles is 1. The Morgan fingerprint density at radius 1 is 1.41 bits per heavy atom. The standard InChI is InChI=1S/C20H24N4O6S2/c1-12(18(25)22-6-3-4-13(22)9-21)10-23-14-8-15(19(23)26)24(11-14)32(28,29)16-5-7-31-17(16)20(27)30-2/h5,7,12-15H,3-4,6,8,10-11H2,1-2H3/t12-,13-,14+,15+/m0/s1. The fourth-order valence-corrected chi connectivity index (χ4v) is 7.74. The quantitative estimate of drug-likeness (QED) is 0.547. The maximum atomic E-state index is 13.2.